The van der Waals surface area contributed by atoms with E-state index in [0.717, 1.165) is 54.1 Å². The maximum Gasteiger partial charge on any atom is 0.161 e. The molecule has 2 saturated heterocycles. The zero-order valence-corrected chi connectivity index (χ0v) is 19.3. The van der Waals surface area contributed by atoms with Crippen LogP contribution in [0.3, 0.4) is 0 Å². The second kappa shape index (κ2) is 6.65. The lowest BCUT2D eigenvalue weighted by atomic mass is 9.71. The molecule has 0 saturated carbocycles. The highest BCUT2D eigenvalue weighted by atomic mass is 16.6. The summed E-state index contributed by atoms with van der Waals surface area (Å²) in [7, 11) is 6.73. The molecule has 2 fully saturated rings. The van der Waals surface area contributed by atoms with Crippen LogP contribution >= 0.6 is 0 Å². The predicted octanol–water partition coefficient (Wildman–Crippen LogP) is 4.62. The standard InChI is InChI=1S/C26H29NO5/c1-25-7-6-8-27(25)13-19-17-11-22(30-4)20(28-2)9-15(17)16-10-21(29-3)23(31-5)12-18(16)24(19)26(25)14-32-26/h9-12H,6-8,13-14H2,1-5H3. The van der Waals surface area contributed by atoms with E-state index >= 15 is 0 Å². The first kappa shape index (κ1) is 19.9. The van der Waals surface area contributed by atoms with Crippen molar-refractivity contribution in [1.29, 1.82) is 0 Å². The van der Waals surface area contributed by atoms with Gasteiger partial charge in [-0.3, -0.25) is 4.90 Å². The van der Waals surface area contributed by atoms with E-state index in [-0.39, 0.29) is 11.1 Å². The monoisotopic (exact) mass is 435 g/mol. The van der Waals surface area contributed by atoms with Crippen molar-refractivity contribution in [2.24, 2.45) is 0 Å². The summed E-state index contributed by atoms with van der Waals surface area (Å²) in [5, 5.41) is 4.59. The zero-order chi connectivity index (χ0) is 22.3. The number of fused-ring (bicyclic) bond motifs is 9. The van der Waals surface area contributed by atoms with E-state index in [0.29, 0.717) is 5.75 Å². The second-order valence-electron chi connectivity index (χ2n) is 9.27. The van der Waals surface area contributed by atoms with Crippen LogP contribution in [0.4, 0.5) is 0 Å². The molecule has 32 heavy (non-hydrogen) atoms. The molecule has 3 aromatic carbocycles. The Kier molecular flexibility index (Phi) is 4.15. The van der Waals surface area contributed by atoms with Gasteiger partial charge in [-0.15, -0.1) is 0 Å². The van der Waals surface area contributed by atoms with E-state index in [1.807, 2.05) is 0 Å². The maximum atomic E-state index is 6.40. The number of nitrogens with zero attached hydrogens (tertiary/aromatic N) is 1. The highest BCUT2D eigenvalue weighted by molar-refractivity contribution is 6.13. The highest BCUT2D eigenvalue weighted by Crippen LogP contribution is 2.62. The van der Waals surface area contributed by atoms with E-state index in [4.69, 9.17) is 23.7 Å². The van der Waals surface area contributed by atoms with Gasteiger partial charge in [0.15, 0.2) is 23.0 Å². The van der Waals surface area contributed by atoms with E-state index in [2.05, 4.69) is 36.1 Å². The summed E-state index contributed by atoms with van der Waals surface area (Å²) in [5.74, 6) is 2.90. The molecule has 0 N–H and O–H groups in total. The summed E-state index contributed by atoms with van der Waals surface area (Å²) in [6, 6.07) is 8.42. The Balaban J connectivity index is 1.80. The Morgan fingerprint density at radius 3 is 1.81 bits per heavy atom. The number of methoxy groups -OCH3 is 4. The Bertz CT molecular complexity index is 1260. The molecule has 0 aromatic heterocycles. The third-order valence-electron chi connectivity index (χ3n) is 8.08. The van der Waals surface area contributed by atoms with E-state index in [1.165, 1.54) is 28.3 Å². The van der Waals surface area contributed by atoms with Gasteiger partial charge in [-0.25, -0.2) is 0 Å². The molecule has 3 aliphatic rings. The van der Waals surface area contributed by atoms with Crippen LogP contribution in [0.15, 0.2) is 24.3 Å². The van der Waals surface area contributed by atoms with Crippen molar-refractivity contribution in [3.63, 3.8) is 0 Å². The average molecular weight is 436 g/mol. The summed E-state index contributed by atoms with van der Waals surface area (Å²) in [6.45, 7) is 5.11. The Labute approximate surface area is 187 Å². The van der Waals surface area contributed by atoms with E-state index in [1.54, 1.807) is 28.4 Å². The number of hydrogen-bond acceptors (Lipinski definition) is 6. The molecule has 3 heterocycles. The molecule has 168 valence electrons. The van der Waals surface area contributed by atoms with Gasteiger partial charge in [0, 0.05) is 12.1 Å². The Morgan fingerprint density at radius 1 is 0.781 bits per heavy atom. The van der Waals surface area contributed by atoms with Crippen molar-refractivity contribution in [3.8, 4) is 23.0 Å². The van der Waals surface area contributed by atoms with Gasteiger partial charge in [-0.05, 0) is 77.7 Å². The van der Waals surface area contributed by atoms with Gasteiger partial charge in [0.2, 0.25) is 0 Å². The summed E-state index contributed by atoms with van der Waals surface area (Å²) in [6.07, 6.45) is 2.34. The third kappa shape index (κ3) is 2.32. The van der Waals surface area contributed by atoms with Crippen molar-refractivity contribution < 1.29 is 23.7 Å². The molecule has 0 aliphatic carbocycles. The number of benzene rings is 3. The second-order valence-corrected chi connectivity index (χ2v) is 9.27. The molecule has 0 bridgehead atoms. The molecule has 6 rings (SSSR count). The molecule has 6 nitrogen and oxygen atoms in total. The van der Waals surface area contributed by atoms with Gasteiger partial charge in [0.25, 0.3) is 0 Å². The number of epoxide rings is 1. The first-order valence-corrected chi connectivity index (χ1v) is 11.2. The maximum absolute atomic E-state index is 6.40. The van der Waals surface area contributed by atoms with Crippen molar-refractivity contribution in [2.45, 2.75) is 37.5 Å². The molecule has 0 radical (unpaired) electrons. The van der Waals surface area contributed by atoms with Gasteiger partial charge in [-0.2, -0.15) is 0 Å². The number of rotatable bonds is 4. The first-order chi connectivity index (χ1) is 15.5. The number of ether oxygens (including phenoxy) is 5. The Hall–Kier alpha value is -2.70. The molecular weight excluding hydrogens is 406 g/mol. The fourth-order valence-corrected chi connectivity index (χ4v) is 6.30. The molecule has 3 aromatic rings. The van der Waals surface area contributed by atoms with Gasteiger partial charge >= 0.3 is 0 Å². The van der Waals surface area contributed by atoms with Crippen molar-refractivity contribution in [1.82, 2.24) is 4.90 Å². The number of hydrogen-bond donors (Lipinski definition) is 0. The zero-order valence-electron chi connectivity index (χ0n) is 19.3. The molecule has 2 unspecified atom stereocenters. The Morgan fingerprint density at radius 2 is 1.28 bits per heavy atom. The van der Waals surface area contributed by atoms with Crippen LogP contribution < -0.4 is 18.9 Å². The van der Waals surface area contributed by atoms with Crippen LogP contribution in [0.1, 0.15) is 30.9 Å². The van der Waals surface area contributed by atoms with Crippen LogP contribution in [0, 0.1) is 0 Å². The first-order valence-electron chi connectivity index (χ1n) is 11.2. The quantitative estimate of drug-likeness (QED) is 0.440. The normalized spacial score (nSPS) is 26.3. The fourth-order valence-electron chi connectivity index (χ4n) is 6.30. The van der Waals surface area contributed by atoms with Crippen LogP contribution in [-0.4, -0.2) is 52.0 Å². The molecule has 0 amide bonds. The van der Waals surface area contributed by atoms with Crippen molar-refractivity contribution >= 4 is 21.5 Å². The van der Waals surface area contributed by atoms with Crippen molar-refractivity contribution in [2.75, 3.05) is 41.6 Å². The van der Waals surface area contributed by atoms with Gasteiger partial charge in [0.1, 0.15) is 5.60 Å². The minimum absolute atomic E-state index is 0.00429. The van der Waals surface area contributed by atoms with E-state index in [9.17, 15) is 0 Å². The summed E-state index contributed by atoms with van der Waals surface area (Å²) in [4.78, 5) is 2.62. The fraction of sp³-hybridized carbons (Fsp3) is 0.462. The van der Waals surface area contributed by atoms with Crippen LogP contribution in [0.2, 0.25) is 0 Å². The average Bonchev–Trinajstić information content (AvgIpc) is 3.53. The van der Waals surface area contributed by atoms with Gasteiger partial charge < -0.3 is 23.7 Å². The molecule has 6 heteroatoms. The summed E-state index contributed by atoms with van der Waals surface area (Å²) < 4.78 is 29.1. The largest absolute Gasteiger partial charge is 0.493 e. The van der Waals surface area contributed by atoms with Crippen molar-refractivity contribution in [3.05, 3.63) is 35.4 Å². The lowest BCUT2D eigenvalue weighted by Crippen LogP contribution is -2.54. The van der Waals surface area contributed by atoms with Gasteiger partial charge in [0.05, 0.1) is 40.6 Å². The third-order valence-corrected chi connectivity index (χ3v) is 8.08. The van der Waals surface area contributed by atoms with Crippen LogP contribution in [-0.2, 0) is 16.9 Å². The predicted molar refractivity (Wildman–Crippen MR) is 123 cm³/mol. The minimum atomic E-state index is -0.295. The minimum Gasteiger partial charge on any atom is -0.493 e. The summed E-state index contributed by atoms with van der Waals surface area (Å²) >= 11 is 0. The molecular formula is C26H29NO5. The molecule has 2 atom stereocenters. The molecule has 1 spiro atoms. The molecule has 3 aliphatic heterocycles. The smallest absolute Gasteiger partial charge is 0.161 e. The van der Waals surface area contributed by atoms with Gasteiger partial charge in [-0.1, -0.05) is 0 Å². The lowest BCUT2D eigenvalue weighted by Gasteiger charge is -2.46. The highest BCUT2D eigenvalue weighted by Gasteiger charge is 2.67. The van der Waals surface area contributed by atoms with Crippen LogP contribution in [0.5, 0.6) is 23.0 Å². The summed E-state index contributed by atoms with van der Waals surface area (Å²) in [5.41, 5.74) is 2.33. The topological polar surface area (TPSA) is 52.7 Å². The lowest BCUT2D eigenvalue weighted by molar-refractivity contribution is 0.0351. The van der Waals surface area contributed by atoms with E-state index < -0.39 is 0 Å². The SMILES string of the molecule is COc1cc2c3c(c4cc(OC)c(OC)cc4c2cc1OC)C1(CO1)C1(C)CCCN1C3. The van der Waals surface area contributed by atoms with Crippen LogP contribution in [0.25, 0.3) is 21.5 Å².